The standard InChI is InChI=1S/C2H7NO4/c1-2-5-7-3-6-4/h3-4H,2H2,1H3. The van der Waals surface area contributed by atoms with Gasteiger partial charge in [-0.05, 0) is 12.6 Å². The van der Waals surface area contributed by atoms with Crippen molar-refractivity contribution in [1.82, 2.24) is 5.64 Å². The van der Waals surface area contributed by atoms with E-state index in [2.05, 4.69) is 14.9 Å². The summed E-state index contributed by atoms with van der Waals surface area (Å²) in [6.45, 7) is 2.11. The summed E-state index contributed by atoms with van der Waals surface area (Å²) in [7, 11) is 0. The molecule has 5 heteroatoms. The molecule has 0 unspecified atom stereocenters. The first-order chi connectivity index (χ1) is 3.41. The Hall–Kier alpha value is -0.200. The van der Waals surface area contributed by atoms with Crippen LogP contribution in [-0.2, 0) is 14.9 Å². The summed E-state index contributed by atoms with van der Waals surface area (Å²) in [6.07, 6.45) is 0. The molecule has 44 valence electrons. The fourth-order valence-corrected chi connectivity index (χ4v) is 0.0982. The summed E-state index contributed by atoms with van der Waals surface area (Å²) in [5, 5.41) is 7.48. The largest absolute Gasteiger partial charge is 0.231 e. The topological polar surface area (TPSA) is 60.0 Å². The SMILES string of the molecule is CCOONOO. The zero-order valence-electron chi connectivity index (χ0n) is 3.88. The van der Waals surface area contributed by atoms with Gasteiger partial charge in [-0.15, -0.1) is 9.98 Å². The lowest BCUT2D eigenvalue weighted by Gasteiger charge is -1.94. The zero-order chi connectivity index (χ0) is 5.54. The Kier molecular flexibility index (Phi) is 5.63. The lowest BCUT2D eigenvalue weighted by atomic mass is 10.9. The van der Waals surface area contributed by atoms with E-state index in [9.17, 15) is 0 Å². The van der Waals surface area contributed by atoms with Crippen molar-refractivity contribution in [2.45, 2.75) is 6.92 Å². The van der Waals surface area contributed by atoms with E-state index in [1.807, 2.05) is 0 Å². The molecule has 0 amide bonds. The van der Waals surface area contributed by atoms with Gasteiger partial charge in [-0.3, -0.25) is 0 Å². The maximum Gasteiger partial charge on any atom is 0.0815 e. The van der Waals surface area contributed by atoms with Gasteiger partial charge in [0, 0.05) is 0 Å². The van der Waals surface area contributed by atoms with Crippen molar-refractivity contribution < 1.29 is 20.1 Å². The maximum absolute atomic E-state index is 7.48. The van der Waals surface area contributed by atoms with Gasteiger partial charge in [-0.25, -0.2) is 10.1 Å². The van der Waals surface area contributed by atoms with Crippen LogP contribution in [0.1, 0.15) is 6.92 Å². The van der Waals surface area contributed by atoms with Crippen molar-refractivity contribution in [3.8, 4) is 0 Å². The molecule has 0 rings (SSSR count). The van der Waals surface area contributed by atoms with Crippen molar-refractivity contribution in [3.63, 3.8) is 0 Å². The van der Waals surface area contributed by atoms with Crippen LogP contribution in [0.2, 0.25) is 0 Å². The molecule has 0 aromatic rings. The van der Waals surface area contributed by atoms with Gasteiger partial charge in [0.1, 0.15) is 0 Å². The van der Waals surface area contributed by atoms with Crippen molar-refractivity contribution in [2.24, 2.45) is 0 Å². The van der Waals surface area contributed by atoms with Crippen LogP contribution in [0.3, 0.4) is 0 Å². The van der Waals surface area contributed by atoms with Crippen LogP contribution < -0.4 is 5.64 Å². The van der Waals surface area contributed by atoms with Crippen molar-refractivity contribution in [2.75, 3.05) is 6.61 Å². The molecule has 0 spiro atoms. The lowest BCUT2D eigenvalue weighted by Crippen LogP contribution is -2.12. The third kappa shape index (κ3) is 5.80. The summed E-state index contributed by atoms with van der Waals surface area (Å²) >= 11 is 0. The minimum absolute atomic E-state index is 0.385. The second-order valence-corrected chi connectivity index (χ2v) is 0.664. The maximum atomic E-state index is 7.48. The first-order valence-electron chi connectivity index (χ1n) is 1.75. The molecule has 2 N–H and O–H groups in total. The Balaban J connectivity index is 2.45. The third-order valence-corrected chi connectivity index (χ3v) is 0.248. The molecule has 7 heavy (non-hydrogen) atoms. The molecular formula is C2H7NO4. The Morgan fingerprint density at radius 2 is 2.43 bits per heavy atom. The number of hydrogen-bond donors (Lipinski definition) is 2. The molecule has 0 bridgehead atoms. The molecule has 0 atom stereocenters. The van der Waals surface area contributed by atoms with E-state index in [0.717, 1.165) is 0 Å². The van der Waals surface area contributed by atoms with Crippen LogP contribution in [0.4, 0.5) is 0 Å². The number of hydrogen-bond acceptors (Lipinski definition) is 5. The van der Waals surface area contributed by atoms with Crippen molar-refractivity contribution in [1.29, 1.82) is 0 Å². The van der Waals surface area contributed by atoms with E-state index in [4.69, 9.17) is 5.26 Å². The first kappa shape index (κ1) is 6.80. The summed E-state index contributed by atoms with van der Waals surface area (Å²) in [4.78, 5) is 11.3. The third-order valence-electron chi connectivity index (χ3n) is 0.248. The van der Waals surface area contributed by atoms with E-state index in [1.54, 1.807) is 12.6 Å². The van der Waals surface area contributed by atoms with Gasteiger partial charge >= 0.3 is 0 Å². The second-order valence-electron chi connectivity index (χ2n) is 0.664. The van der Waals surface area contributed by atoms with E-state index in [-0.39, 0.29) is 0 Å². The molecule has 0 aromatic carbocycles. The molecule has 0 saturated heterocycles. The number of nitrogens with one attached hydrogen (secondary N) is 1. The van der Waals surface area contributed by atoms with Gasteiger partial charge in [-0.1, -0.05) is 0 Å². The molecular weight excluding hydrogens is 102 g/mol. The van der Waals surface area contributed by atoms with Crippen LogP contribution in [0, 0.1) is 0 Å². The van der Waals surface area contributed by atoms with Crippen LogP contribution in [0.15, 0.2) is 0 Å². The Bertz CT molecular complexity index is 28.9. The molecule has 0 aliphatic rings. The van der Waals surface area contributed by atoms with Crippen LogP contribution >= 0.6 is 0 Å². The summed E-state index contributed by atoms with van der Waals surface area (Å²) in [5.74, 6) is 0. The smallest absolute Gasteiger partial charge is 0.0815 e. The van der Waals surface area contributed by atoms with Gasteiger partial charge in [-0.2, -0.15) is 0 Å². The average Bonchev–Trinajstić information content (AvgIpc) is 1.69. The van der Waals surface area contributed by atoms with Crippen LogP contribution in [-0.4, -0.2) is 11.9 Å². The Morgan fingerprint density at radius 1 is 1.71 bits per heavy atom. The lowest BCUT2D eigenvalue weighted by molar-refractivity contribution is -0.471. The van der Waals surface area contributed by atoms with E-state index in [1.165, 1.54) is 0 Å². The highest BCUT2D eigenvalue weighted by Gasteiger charge is 1.76. The zero-order valence-corrected chi connectivity index (χ0v) is 3.88. The quantitative estimate of drug-likeness (QED) is 0.299. The van der Waals surface area contributed by atoms with E-state index < -0.39 is 0 Å². The van der Waals surface area contributed by atoms with E-state index in [0.29, 0.717) is 6.61 Å². The molecule has 0 heterocycles. The van der Waals surface area contributed by atoms with Crippen molar-refractivity contribution >= 4 is 0 Å². The van der Waals surface area contributed by atoms with Crippen LogP contribution in [0.5, 0.6) is 0 Å². The molecule has 0 fully saturated rings. The monoisotopic (exact) mass is 109 g/mol. The highest BCUT2D eigenvalue weighted by molar-refractivity contribution is 3.90. The predicted octanol–water partition coefficient (Wildman–Crippen LogP) is -0.136. The normalized spacial score (nSPS) is 9.43. The minimum Gasteiger partial charge on any atom is -0.231 e. The van der Waals surface area contributed by atoms with Crippen molar-refractivity contribution in [3.05, 3.63) is 0 Å². The minimum atomic E-state index is 0.385. The highest BCUT2D eigenvalue weighted by Crippen LogP contribution is 1.67. The molecule has 0 saturated carbocycles. The highest BCUT2D eigenvalue weighted by atomic mass is 17.4. The summed E-state index contributed by atoms with van der Waals surface area (Å²) in [5.41, 5.74) is 1.58. The molecule has 0 aliphatic carbocycles. The molecule has 5 nitrogen and oxygen atoms in total. The fourth-order valence-electron chi connectivity index (χ4n) is 0.0982. The van der Waals surface area contributed by atoms with Gasteiger partial charge in [0.15, 0.2) is 0 Å². The summed E-state index contributed by atoms with van der Waals surface area (Å²) < 4.78 is 0. The molecule has 0 radical (unpaired) electrons. The van der Waals surface area contributed by atoms with Gasteiger partial charge in [0.2, 0.25) is 0 Å². The second kappa shape index (κ2) is 5.80. The fraction of sp³-hybridized carbons (Fsp3) is 1.00. The van der Waals surface area contributed by atoms with Gasteiger partial charge < -0.3 is 0 Å². The van der Waals surface area contributed by atoms with Gasteiger partial charge in [0.05, 0.1) is 6.61 Å². The molecule has 0 aromatic heterocycles. The predicted molar refractivity (Wildman–Crippen MR) is 19.6 cm³/mol. The Labute approximate surface area is 40.6 Å². The van der Waals surface area contributed by atoms with Crippen LogP contribution in [0.25, 0.3) is 0 Å². The summed E-state index contributed by atoms with van der Waals surface area (Å²) in [6, 6.07) is 0. The number of rotatable bonds is 4. The average molecular weight is 109 g/mol. The molecule has 0 aliphatic heterocycles. The van der Waals surface area contributed by atoms with Gasteiger partial charge in [0.25, 0.3) is 0 Å². The van der Waals surface area contributed by atoms with E-state index >= 15 is 0 Å². The first-order valence-corrected chi connectivity index (χ1v) is 1.75. The Morgan fingerprint density at radius 3 is 2.86 bits per heavy atom.